The number of rotatable bonds is 5. The summed E-state index contributed by atoms with van der Waals surface area (Å²) in [7, 11) is 0. The van der Waals surface area contributed by atoms with Gasteiger partial charge in [-0.25, -0.2) is 0 Å². The summed E-state index contributed by atoms with van der Waals surface area (Å²) in [6.07, 6.45) is 0. The molecule has 0 amide bonds. The van der Waals surface area contributed by atoms with Gasteiger partial charge in [0.15, 0.2) is 0 Å². The molecule has 260 valence electrons. The standard InChI is InChI=1S/C53H37NO/c1-53(2)48-19-11-10-17-43(48)44-27-26-40(33-49(44)53)54(50-32-38-14-6-7-15-41(38)42-16-8-9-18-45(42)50)39-24-20-35(21-25-39)37-23-29-52-47(31-37)46-30-36(22-28-51(46)55-52)34-12-4-3-5-13-34/h3-33H,1-2H3. The van der Waals surface area contributed by atoms with E-state index in [-0.39, 0.29) is 5.41 Å². The van der Waals surface area contributed by atoms with Crippen molar-refractivity contribution in [2.75, 3.05) is 4.90 Å². The molecule has 0 aliphatic heterocycles. The second-order valence-corrected chi connectivity index (χ2v) is 15.3. The van der Waals surface area contributed by atoms with Crippen molar-refractivity contribution in [1.29, 1.82) is 0 Å². The third kappa shape index (κ3) is 4.95. The van der Waals surface area contributed by atoms with Gasteiger partial charge in [-0.05, 0) is 115 Å². The zero-order valence-corrected chi connectivity index (χ0v) is 30.8. The fraction of sp³-hybridized carbons (Fsp3) is 0.0566. The molecule has 0 spiro atoms. The third-order valence-corrected chi connectivity index (χ3v) is 11.8. The van der Waals surface area contributed by atoms with Gasteiger partial charge >= 0.3 is 0 Å². The Kier molecular flexibility index (Phi) is 6.93. The van der Waals surface area contributed by atoms with Crippen LogP contribution in [0.4, 0.5) is 17.1 Å². The van der Waals surface area contributed by atoms with Crippen LogP contribution in [-0.4, -0.2) is 0 Å². The van der Waals surface area contributed by atoms with Crippen molar-refractivity contribution in [3.05, 3.63) is 199 Å². The van der Waals surface area contributed by atoms with Crippen LogP contribution in [0.15, 0.2) is 192 Å². The molecule has 0 radical (unpaired) electrons. The first kappa shape index (κ1) is 31.6. The predicted octanol–water partition coefficient (Wildman–Crippen LogP) is 15.0. The summed E-state index contributed by atoms with van der Waals surface area (Å²) in [5, 5.41) is 7.22. The van der Waals surface area contributed by atoms with Crippen LogP contribution in [0.1, 0.15) is 25.0 Å². The van der Waals surface area contributed by atoms with Crippen molar-refractivity contribution >= 4 is 60.5 Å². The van der Waals surface area contributed by atoms with E-state index in [1.165, 1.54) is 54.9 Å². The number of benzene rings is 9. The van der Waals surface area contributed by atoms with Gasteiger partial charge in [-0.2, -0.15) is 0 Å². The van der Waals surface area contributed by atoms with Crippen LogP contribution in [-0.2, 0) is 5.41 Å². The van der Waals surface area contributed by atoms with Crippen LogP contribution in [0.3, 0.4) is 0 Å². The van der Waals surface area contributed by atoms with E-state index in [4.69, 9.17) is 4.42 Å². The lowest BCUT2D eigenvalue weighted by atomic mass is 9.82. The van der Waals surface area contributed by atoms with Gasteiger partial charge < -0.3 is 9.32 Å². The van der Waals surface area contributed by atoms with Crippen LogP contribution in [0, 0.1) is 0 Å². The van der Waals surface area contributed by atoms with Gasteiger partial charge in [0, 0.05) is 32.9 Å². The molecule has 0 saturated carbocycles. The molecule has 2 nitrogen and oxygen atoms in total. The first-order valence-corrected chi connectivity index (χ1v) is 19.1. The molecular weight excluding hydrogens is 667 g/mol. The summed E-state index contributed by atoms with van der Waals surface area (Å²) in [5.41, 5.74) is 15.2. The summed E-state index contributed by atoms with van der Waals surface area (Å²) in [4.78, 5) is 2.45. The van der Waals surface area contributed by atoms with E-state index in [2.05, 4.69) is 207 Å². The second-order valence-electron chi connectivity index (χ2n) is 15.3. The summed E-state index contributed by atoms with van der Waals surface area (Å²) in [6.45, 7) is 4.71. The van der Waals surface area contributed by atoms with Gasteiger partial charge in [-0.15, -0.1) is 0 Å². The lowest BCUT2D eigenvalue weighted by Crippen LogP contribution is -2.16. The van der Waals surface area contributed by atoms with E-state index in [0.717, 1.165) is 50.1 Å². The first-order valence-electron chi connectivity index (χ1n) is 19.1. The summed E-state index contributed by atoms with van der Waals surface area (Å²) < 4.78 is 6.31. The smallest absolute Gasteiger partial charge is 0.135 e. The van der Waals surface area contributed by atoms with Crippen LogP contribution >= 0.6 is 0 Å². The number of hydrogen-bond donors (Lipinski definition) is 0. The molecule has 11 rings (SSSR count). The van der Waals surface area contributed by atoms with Crippen molar-refractivity contribution in [3.8, 4) is 33.4 Å². The Morgan fingerprint density at radius 3 is 1.69 bits per heavy atom. The normalized spacial score (nSPS) is 13.1. The molecule has 0 N–H and O–H groups in total. The van der Waals surface area contributed by atoms with Gasteiger partial charge in [0.05, 0.1) is 5.69 Å². The maximum absolute atomic E-state index is 6.31. The molecule has 0 atom stereocenters. The SMILES string of the molecule is CC1(C)c2ccccc2-c2ccc(N(c3ccc(-c4ccc5oc6ccc(-c7ccccc7)cc6c5c4)cc3)c3cc4ccccc4c4ccccc34)cc21. The molecule has 2 heteroatoms. The molecule has 10 aromatic rings. The average Bonchev–Trinajstić information content (AvgIpc) is 3.72. The van der Waals surface area contributed by atoms with Crippen molar-refractivity contribution in [2.24, 2.45) is 0 Å². The molecule has 0 unspecified atom stereocenters. The fourth-order valence-corrected chi connectivity index (χ4v) is 9.05. The number of furan rings is 1. The minimum atomic E-state index is -0.110. The average molecular weight is 704 g/mol. The highest BCUT2D eigenvalue weighted by atomic mass is 16.3. The molecule has 55 heavy (non-hydrogen) atoms. The Balaban J connectivity index is 1.06. The molecule has 0 fully saturated rings. The molecular formula is C53H37NO. The lowest BCUT2D eigenvalue weighted by molar-refractivity contribution is 0.660. The molecule has 1 aliphatic rings. The van der Waals surface area contributed by atoms with E-state index in [1.807, 2.05) is 0 Å². The number of anilines is 3. The number of nitrogens with zero attached hydrogens (tertiary/aromatic N) is 1. The topological polar surface area (TPSA) is 16.4 Å². The van der Waals surface area contributed by atoms with E-state index < -0.39 is 0 Å². The highest BCUT2D eigenvalue weighted by Crippen LogP contribution is 2.51. The summed E-state index contributed by atoms with van der Waals surface area (Å²) in [6, 6.07) is 68.5. The Labute approximate surface area is 320 Å². The van der Waals surface area contributed by atoms with Crippen LogP contribution in [0.25, 0.3) is 76.9 Å². The summed E-state index contributed by atoms with van der Waals surface area (Å²) in [5.74, 6) is 0. The van der Waals surface area contributed by atoms with Gasteiger partial charge in [0.25, 0.3) is 0 Å². The van der Waals surface area contributed by atoms with Gasteiger partial charge in [-0.3, -0.25) is 0 Å². The third-order valence-electron chi connectivity index (χ3n) is 11.8. The van der Waals surface area contributed by atoms with Crippen molar-refractivity contribution in [3.63, 3.8) is 0 Å². The quantitative estimate of drug-likeness (QED) is 0.166. The Morgan fingerprint density at radius 1 is 0.382 bits per heavy atom. The van der Waals surface area contributed by atoms with Crippen molar-refractivity contribution in [1.82, 2.24) is 0 Å². The highest BCUT2D eigenvalue weighted by molar-refractivity contribution is 6.15. The minimum Gasteiger partial charge on any atom is -0.456 e. The monoisotopic (exact) mass is 703 g/mol. The van der Waals surface area contributed by atoms with E-state index >= 15 is 0 Å². The van der Waals surface area contributed by atoms with Crippen LogP contribution in [0.2, 0.25) is 0 Å². The highest BCUT2D eigenvalue weighted by Gasteiger charge is 2.35. The van der Waals surface area contributed by atoms with Gasteiger partial charge in [0.2, 0.25) is 0 Å². The summed E-state index contributed by atoms with van der Waals surface area (Å²) >= 11 is 0. The van der Waals surface area contributed by atoms with E-state index in [0.29, 0.717) is 0 Å². The molecule has 1 aliphatic carbocycles. The van der Waals surface area contributed by atoms with Crippen LogP contribution in [0.5, 0.6) is 0 Å². The molecule has 0 saturated heterocycles. The molecule has 0 bridgehead atoms. The maximum atomic E-state index is 6.31. The van der Waals surface area contributed by atoms with Crippen molar-refractivity contribution in [2.45, 2.75) is 19.3 Å². The number of fused-ring (bicyclic) bond motifs is 9. The second kappa shape index (κ2) is 12.1. The predicted molar refractivity (Wildman–Crippen MR) is 232 cm³/mol. The minimum absolute atomic E-state index is 0.110. The zero-order chi connectivity index (χ0) is 36.7. The Hall–Kier alpha value is -6.90. The molecule has 9 aromatic carbocycles. The maximum Gasteiger partial charge on any atom is 0.135 e. The molecule has 1 heterocycles. The fourth-order valence-electron chi connectivity index (χ4n) is 9.05. The van der Waals surface area contributed by atoms with Gasteiger partial charge in [0.1, 0.15) is 11.2 Å². The Bertz CT molecular complexity index is 3110. The molecule has 1 aromatic heterocycles. The largest absolute Gasteiger partial charge is 0.456 e. The zero-order valence-electron chi connectivity index (χ0n) is 30.8. The lowest BCUT2D eigenvalue weighted by Gasteiger charge is -2.29. The van der Waals surface area contributed by atoms with Gasteiger partial charge in [-0.1, -0.05) is 147 Å². The first-order chi connectivity index (χ1) is 27.0. The number of hydrogen-bond acceptors (Lipinski definition) is 2. The van der Waals surface area contributed by atoms with Crippen LogP contribution < -0.4 is 4.90 Å². The van der Waals surface area contributed by atoms with E-state index in [1.54, 1.807) is 0 Å². The Morgan fingerprint density at radius 2 is 0.945 bits per heavy atom. The van der Waals surface area contributed by atoms with Crippen molar-refractivity contribution < 1.29 is 4.42 Å². The van der Waals surface area contributed by atoms with E-state index in [9.17, 15) is 0 Å².